The van der Waals surface area contributed by atoms with Gasteiger partial charge in [-0.15, -0.1) is 0 Å². The molecule has 0 spiro atoms. The minimum Gasteiger partial charge on any atom is -0.379 e. The van der Waals surface area contributed by atoms with Gasteiger partial charge in [-0.3, -0.25) is 14.6 Å². The molecule has 9 nitrogen and oxygen atoms in total. The van der Waals surface area contributed by atoms with Gasteiger partial charge in [0.15, 0.2) is 0 Å². The van der Waals surface area contributed by atoms with E-state index in [1.165, 1.54) is 12.1 Å². The standard InChI is InChI=1S/C28H29F2N7O2/c29-24-13-22(14-25(30)23(24)17-35-9-11-39-12-10-35)37-7-5-20-15-32-28(34-27(20)37)33-21-3-1-19(2-4-21)16-36-8-6-31-26(38)18-36/h1-5,7,13-15H,6,8-12,16-18H2,(H,31,38)(H,32,33,34). The topological polar surface area (TPSA) is 87.6 Å². The molecule has 202 valence electrons. The fourth-order valence-corrected chi connectivity index (χ4v) is 4.96. The van der Waals surface area contributed by atoms with E-state index in [0.717, 1.165) is 23.2 Å². The van der Waals surface area contributed by atoms with E-state index in [2.05, 4.69) is 25.5 Å². The first kappa shape index (κ1) is 25.4. The van der Waals surface area contributed by atoms with Gasteiger partial charge in [0, 0.05) is 68.3 Å². The summed E-state index contributed by atoms with van der Waals surface area (Å²) < 4.78 is 37.1. The van der Waals surface area contributed by atoms with Crippen molar-refractivity contribution in [3.63, 3.8) is 0 Å². The quantitative estimate of drug-likeness (QED) is 0.377. The lowest BCUT2D eigenvalue weighted by Crippen LogP contribution is -2.47. The molecule has 2 aliphatic rings. The molecule has 2 N–H and O–H groups in total. The van der Waals surface area contributed by atoms with Gasteiger partial charge >= 0.3 is 0 Å². The molecule has 2 aromatic carbocycles. The van der Waals surface area contributed by atoms with Gasteiger partial charge in [-0.05, 0) is 35.9 Å². The van der Waals surface area contributed by atoms with E-state index in [0.29, 0.717) is 63.2 Å². The molecule has 6 rings (SSSR count). The molecule has 2 aromatic heterocycles. The van der Waals surface area contributed by atoms with Crippen LogP contribution in [0.25, 0.3) is 16.7 Å². The van der Waals surface area contributed by atoms with E-state index >= 15 is 8.78 Å². The Hall–Kier alpha value is -3.93. The number of amides is 1. The number of nitrogens with one attached hydrogen (secondary N) is 2. The molecule has 0 radical (unpaired) electrons. The van der Waals surface area contributed by atoms with Crippen LogP contribution in [0.15, 0.2) is 54.9 Å². The second-order valence-corrected chi connectivity index (χ2v) is 9.82. The van der Waals surface area contributed by atoms with Gasteiger partial charge in [0.2, 0.25) is 11.9 Å². The Morgan fingerprint density at radius 2 is 1.74 bits per heavy atom. The first-order valence-corrected chi connectivity index (χ1v) is 13.0. The number of hydrogen-bond acceptors (Lipinski definition) is 7. The van der Waals surface area contributed by atoms with E-state index < -0.39 is 11.6 Å². The van der Waals surface area contributed by atoms with Crippen LogP contribution in [-0.4, -0.2) is 76.2 Å². The summed E-state index contributed by atoms with van der Waals surface area (Å²) in [5.74, 6) is -0.758. The summed E-state index contributed by atoms with van der Waals surface area (Å²) in [5, 5.41) is 6.79. The van der Waals surface area contributed by atoms with E-state index in [9.17, 15) is 4.79 Å². The van der Waals surface area contributed by atoms with Crippen LogP contribution in [0, 0.1) is 11.6 Å². The maximum atomic E-state index is 15.0. The SMILES string of the molecule is O=C1CN(Cc2ccc(Nc3ncc4ccn(-c5cc(F)c(CN6CCOCC6)c(F)c5)c4n3)cc2)CCN1. The number of benzene rings is 2. The minimum atomic E-state index is -0.587. The second kappa shape index (κ2) is 11.0. The van der Waals surface area contributed by atoms with Crippen molar-refractivity contribution in [2.75, 3.05) is 51.3 Å². The van der Waals surface area contributed by atoms with Gasteiger partial charge in [-0.2, -0.15) is 4.98 Å². The summed E-state index contributed by atoms with van der Waals surface area (Å²) in [6.07, 6.45) is 3.41. The van der Waals surface area contributed by atoms with Gasteiger partial charge in [0.25, 0.3) is 0 Å². The lowest BCUT2D eigenvalue weighted by atomic mass is 10.1. The molecular formula is C28H29F2N7O2. The van der Waals surface area contributed by atoms with E-state index in [4.69, 9.17) is 4.74 Å². The third kappa shape index (κ3) is 5.75. The number of hydrogen-bond donors (Lipinski definition) is 2. The monoisotopic (exact) mass is 533 g/mol. The molecule has 11 heteroatoms. The lowest BCUT2D eigenvalue weighted by Gasteiger charge is -2.27. The normalized spacial score (nSPS) is 16.9. The van der Waals surface area contributed by atoms with Crippen molar-refractivity contribution in [2.24, 2.45) is 0 Å². The number of carbonyl (C=O) groups excluding carboxylic acids is 1. The van der Waals surface area contributed by atoms with E-state index in [1.54, 1.807) is 17.0 Å². The summed E-state index contributed by atoms with van der Waals surface area (Å²) in [7, 11) is 0. The third-order valence-corrected chi connectivity index (χ3v) is 7.05. The van der Waals surface area contributed by atoms with Crippen LogP contribution in [0.5, 0.6) is 0 Å². The van der Waals surface area contributed by atoms with Crippen LogP contribution in [0.3, 0.4) is 0 Å². The Labute approximate surface area is 224 Å². The zero-order valence-electron chi connectivity index (χ0n) is 21.4. The largest absolute Gasteiger partial charge is 0.379 e. The maximum Gasteiger partial charge on any atom is 0.234 e. The number of anilines is 2. The average Bonchev–Trinajstić information content (AvgIpc) is 3.36. The summed E-state index contributed by atoms with van der Waals surface area (Å²) in [5.41, 5.74) is 2.85. The fourth-order valence-electron chi connectivity index (χ4n) is 4.96. The number of halogens is 2. The van der Waals surface area contributed by atoms with Crippen LogP contribution in [0.4, 0.5) is 20.4 Å². The highest BCUT2D eigenvalue weighted by Gasteiger charge is 2.19. The maximum absolute atomic E-state index is 15.0. The number of piperazine rings is 1. The highest BCUT2D eigenvalue weighted by Crippen LogP contribution is 2.25. The van der Waals surface area contributed by atoms with Crippen molar-refractivity contribution < 1.29 is 18.3 Å². The number of morpholine rings is 1. The molecule has 0 aliphatic carbocycles. The lowest BCUT2D eigenvalue weighted by molar-refractivity contribution is -0.124. The van der Waals surface area contributed by atoms with Crippen molar-refractivity contribution in [2.45, 2.75) is 13.1 Å². The van der Waals surface area contributed by atoms with Gasteiger partial charge in [-0.1, -0.05) is 12.1 Å². The minimum absolute atomic E-state index is 0.0474. The summed E-state index contributed by atoms with van der Waals surface area (Å²) in [4.78, 5) is 24.7. The Morgan fingerprint density at radius 3 is 2.49 bits per heavy atom. The summed E-state index contributed by atoms with van der Waals surface area (Å²) in [6, 6.07) is 12.4. The van der Waals surface area contributed by atoms with Crippen LogP contribution in [0.1, 0.15) is 11.1 Å². The highest BCUT2D eigenvalue weighted by molar-refractivity contribution is 5.79. The second-order valence-electron chi connectivity index (χ2n) is 9.82. The van der Waals surface area contributed by atoms with Gasteiger partial charge in [0.1, 0.15) is 17.3 Å². The number of aromatic nitrogens is 3. The molecule has 0 atom stereocenters. The first-order valence-electron chi connectivity index (χ1n) is 13.0. The molecule has 39 heavy (non-hydrogen) atoms. The molecule has 2 saturated heterocycles. The number of rotatable bonds is 7. The molecule has 0 unspecified atom stereocenters. The van der Waals surface area contributed by atoms with Crippen molar-refractivity contribution in [1.82, 2.24) is 29.7 Å². The smallest absolute Gasteiger partial charge is 0.234 e. The predicted octanol–water partition coefficient (Wildman–Crippen LogP) is 3.21. The predicted molar refractivity (Wildman–Crippen MR) is 143 cm³/mol. The Bertz CT molecular complexity index is 1460. The molecule has 4 heterocycles. The number of ether oxygens (including phenoxy) is 1. The van der Waals surface area contributed by atoms with Gasteiger partial charge in [-0.25, -0.2) is 13.8 Å². The van der Waals surface area contributed by atoms with Crippen molar-refractivity contribution in [3.05, 3.63) is 77.6 Å². The number of fused-ring (bicyclic) bond motifs is 1. The molecule has 0 saturated carbocycles. The Balaban J connectivity index is 1.19. The van der Waals surface area contributed by atoms with Crippen LogP contribution in [-0.2, 0) is 22.6 Å². The molecule has 4 aromatic rings. The Morgan fingerprint density at radius 1 is 0.974 bits per heavy atom. The summed E-state index contributed by atoms with van der Waals surface area (Å²) in [6.45, 7) is 5.22. The van der Waals surface area contributed by atoms with E-state index in [1.807, 2.05) is 35.2 Å². The molecular weight excluding hydrogens is 504 g/mol. The zero-order chi connectivity index (χ0) is 26.8. The fraction of sp³-hybridized carbons (Fsp3) is 0.321. The van der Waals surface area contributed by atoms with Crippen molar-refractivity contribution in [1.29, 1.82) is 0 Å². The third-order valence-electron chi connectivity index (χ3n) is 7.05. The van der Waals surface area contributed by atoms with E-state index in [-0.39, 0.29) is 18.0 Å². The summed E-state index contributed by atoms with van der Waals surface area (Å²) >= 11 is 0. The Kier molecular flexibility index (Phi) is 7.18. The molecule has 1 amide bonds. The molecule has 2 fully saturated rings. The number of carbonyl (C=O) groups is 1. The van der Waals surface area contributed by atoms with Crippen LogP contribution in [0.2, 0.25) is 0 Å². The molecule has 2 aliphatic heterocycles. The van der Waals surface area contributed by atoms with Crippen LogP contribution >= 0.6 is 0 Å². The first-order chi connectivity index (χ1) is 19.0. The van der Waals surface area contributed by atoms with Crippen molar-refractivity contribution in [3.8, 4) is 5.69 Å². The van der Waals surface area contributed by atoms with Gasteiger partial charge in [0.05, 0.1) is 25.4 Å². The van der Waals surface area contributed by atoms with Crippen molar-refractivity contribution >= 4 is 28.6 Å². The highest BCUT2D eigenvalue weighted by atomic mass is 19.1. The average molecular weight is 534 g/mol. The van der Waals surface area contributed by atoms with Crippen LogP contribution < -0.4 is 10.6 Å². The zero-order valence-corrected chi connectivity index (χ0v) is 21.4. The molecule has 0 bridgehead atoms. The van der Waals surface area contributed by atoms with Gasteiger partial charge < -0.3 is 19.9 Å². The number of nitrogens with zero attached hydrogens (tertiary/aromatic N) is 5.